The van der Waals surface area contributed by atoms with Crippen LogP contribution in [0, 0.1) is 0 Å². The zero-order valence-electron chi connectivity index (χ0n) is 12.6. The van der Waals surface area contributed by atoms with Crippen LogP contribution in [0.15, 0.2) is 49.1 Å². The molecular weight excluding hydrogens is 244 g/mol. The zero-order valence-corrected chi connectivity index (χ0v) is 12.6. The quantitative estimate of drug-likeness (QED) is 0.513. The van der Waals surface area contributed by atoms with E-state index in [0.29, 0.717) is 6.04 Å². The third kappa shape index (κ3) is 4.84. The predicted octanol–water partition coefficient (Wildman–Crippen LogP) is 4.45. The molecule has 1 unspecified atom stereocenters. The summed E-state index contributed by atoms with van der Waals surface area (Å²) in [5.74, 6) is 0. The second-order valence-corrected chi connectivity index (χ2v) is 5.59. The number of H-pyrrole nitrogens is 1. The summed E-state index contributed by atoms with van der Waals surface area (Å²) in [7, 11) is 0. The number of aryl methyl sites for hydroxylation is 1. The van der Waals surface area contributed by atoms with Crippen molar-refractivity contribution in [2.45, 2.75) is 57.9 Å². The maximum absolute atomic E-state index is 3.17. The molecule has 0 radical (unpaired) electrons. The van der Waals surface area contributed by atoms with Crippen molar-refractivity contribution in [3.05, 3.63) is 54.6 Å². The SMILES string of the molecule is CCCCCCC(CCc1ccccc1)[n+]1cc[nH]c1. The molecule has 1 aromatic heterocycles. The highest BCUT2D eigenvalue weighted by Crippen LogP contribution is 2.17. The smallest absolute Gasteiger partial charge is 0.241 e. The number of unbranched alkanes of at least 4 members (excludes halogenated alkanes) is 3. The highest BCUT2D eigenvalue weighted by atomic mass is 15.0. The molecule has 2 heteroatoms. The first-order valence-corrected chi connectivity index (χ1v) is 7.97. The van der Waals surface area contributed by atoms with Crippen molar-refractivity contribution in [2.75, 3.05) is 0 Å². The molecule has 0 saturated heterocycles. The number of aromatic amines is 1. The maximum atomic E-state index is 3.17. The normalized spacial score (nSPS) is 12.4. The molecule has 0 spiro atoms. The van der Waals surface area contributed by atoms with Gasteiger partial charge < -0.3 is 0 Å². The van der Waals surface area contributed by atoms with Gasteiger partial charge in [-0.3, -0.25) is 4.98 Å². The third-order valence-electron chi connectivity index (χ3n) is 3.99. The van der Waals surface area contributed by atoms with Crippen molar-refractivity contribution in [3.63, 3.8) is 0 Å². The highest BCUT2D eigenvalue weighted by Gasteiger charge is 2.15. The van der Waals surface area contributed by atoms with Crippen LogP contribution in [0.3, 0.4) is 0 Å². The van der Waals surface area contributed by atoms with Gasteiger partial charge in [-0.2, -0.15) is 0 Å². The Morgan fingerprint density at radius 2 is 1.90 bits per heavy atom. The van der Waals surface area contributed by atoms with E-state index in [1.165, 1.54) is 44.1 Å². The van der Waals surface area contributed by atoms with Crippen LogP contribution in [-0.4, -0.2) is 4.98 Å². The van der Waals surface area contributed by atoms with Crippen molar-refractivity contribution < 1.29 is 4.57 Å². The van der Waals surface area contributed by atoms with Crippen LogP contribution >= 0.6 is 0 Å². The van der Waals surface area contributed by atoms with Crippen LogP contribution in [0.1, 0.15) is 57.1 Å². The van der Waals surface area contributed by atoms with Crippen LogP contribution in [0.5, 0.6) is 0 Å². The van der Waals surface area contributed by atoms with E-state index in [9.17, 15) is 0 Å². The van der Waals surface area contributed by atoms with Crippen LogP contribution in [0.2, 0.25) is 0 Å². The Hall–Kier alpha value is -1.57. The molecule has 0 bridgehead atoms. The Balaban J connectivity index is 1.86. The van der Waals surface area contributed by atoms with Crippen molar-refractivity contribution in [2.24, 2.45) is 0 Å². The van der Waals surface area contributed by atoms with Gasteiger partial charge in [0.05, 0.1) is 0 Å². The minimum absolute atomic E-state index is 0.623. The fraction of sp³-hybridized carbons (Fsp3) is 0.500. The van der Waals surface area contributed by atoms with Crippen molar-refractivity contribution in [1.82, 2.24) is 4.98 Å². The second kappa shape index (κ2) is 8.57. The molecule has 0 amide bonds. The predicted molar refractivity (Wildman–Crippen MR) is 83.5 cm³/mol. The molecule has 0 saturated carbocycles. The average molecular weight is 271 g/mol. The summed E-state index contributed by atoms with van der Waals surface area (Å²) in [5, 5.41) is 0. The molecule has 1 atom stereocenters. The molecule has 0 fully saturated rings. The lowest BCUT2D eigenvalue weighted by molar-refractivity contribution is -0.723. The molecule has 2 nitrogen and oxygen atoms in total. The number of hydrogen-bond acceptors (Lipinski definition) is 0. The van der Waals surface area contributed by atoms with E-state index in [2.05, 4.69) is 59.3 Å². The zero-order chi connectivity index (χ0) is 14.0. The Labute approximate surface area is 122 Å². The van der Waals surface area contributed by atoms with Gasteiger partial charge in [0.1, 0.15) is 18.4 Å². The number of nitrogens with one attached hydrogen (secondary N) is 1. The minimum Gasteiger partial charge on any atom is -0.250 e. The lowest BCUT2D eigenvalue weighted by atomic mass is 10.00. The summed E-state index contributed by atoms with van der Waals surface area (Å²) >= 11 is 0. The Kier molecular flexibility index (Phi) is 6.36. The Bertz CT molecular complexity index is 448. The standard InChI is InChI=1S/C18H26N2/c1-2-3-4-8-11-18(20-15-14-19-16-20)13-12-17-9-6-5-7-10-17/h5-7,9-10,14-16,18H,2-4,8,11-13H2,1H3/p+1. The number of rotatable bonds is 9. The molecule has 108 valence electrons. The average Bonchev–Trinajstić information content (AvgIpc) is 3.02. The largest absolute Gasteiger partial charge is 0.250 e. The van der Waals surface area contributed by atoms with Crippen LogP contribution in [0.25, 0.3) is 0 Å². The highest BCUT2D eigenvalue weighted by molar-refractivity contribution is 5.14. The molecule has 1 N–H and O–H groups in total. The van der Waals surface area contributed by atoms with Crippen molar-refractivity contribution >= 4 is 0 Å². The van der Waals surface area contributed by atoms with Gasteiger partial charge in [-0.1, -0.05) is 56.5 Å². The third-order valence-corrected chi connectivity index (χ3v) is 3.99. The fourth-order valence-corrected chi connectivity index (χ4v) is 2.76. The number of nitrogens with zero attached hydrogens (tertiary/aromatic N) is 1. The summed E-state index contributed by atoms with van der Waals surface area (Å²) in [6.45, 7) is 2.27. The second-order valence-electron chi connectivity index (χ2n) is 5.59. The molecular formula is C18H27N2+. The van der Waals surface area contributed by atoms with E-state index in [4.69, 9.17) is 0 Å². The van der Waals surface area contributed by atoms with Gasteiger partial charge >= 0.3 is 0 Å². The van der Waals surface area contributed by atoms with E-state index >= 15 is 0 Å². The molecule has 20 heavy (non-hydrogen) atoms. The summed E-state index contributed by atoms with van der Waals surface area (Å²) in [6, 6.07) is 11.4. The molecule has 1 heterocycles. The van der Waals surface area contributed by atoms with E-state index in [-0.39, 0.29) is 0 Å². The Morgan fingerprint density at radius 3 is 2.60 bits per heavy atom. The van der Waals surface area contributed by atoms with Crippen molar-refractivity contribution in [1.29, 1.82) is 0 Å². The molecule has 0 aliphatic rings. The summed E-state index contributed by atoms with van der Waals surface area (Å²) in [6.07, 6.45) is 15.3. The monoisotopic (exact) mass is 271 g/mol. The summed E-state index contributed by atoms with van der Waals surface area (Å²) in [5.41, 5.74) is 1.45. The van der Waals surface area contributed by atoms with E-state index < -0.39 is 0 Å². The first kappa shape index (κ1) is 14.8. The number of hydrogen-bond donors (Lipinski definition) is 1. The van der Waals surface area contributed by atoms with Gasteiger partial charge in [0.2, 0.25) is 6.33 Å². The van der Waals surface area contributed by atoms with Gasteiger partial charge in [-0.15, -0.1) is 0 Å². The van der Waals surface area contributed by atoms with Crippen LogP contribution in [-0.2, 0) is 6.42 Å². The van der Waals surface area contributed by atoms with Gasteiger partial charge in [-0.25, -0.2) is 4.57 Å². The van der Waals surface area contributed by atoms with E-state index in [0.717, 1.165) is 6.42 Å². The van der Waals surface area contributed by atoms with E-state index in [1.54, 1.807) is 0 Å². The lowest BCUT2D eigenvalue weighted by Crippen LogP contribution is -2.37. The number of benzene rings is 1. The topological polar surface area (TPSA) is 19.7 Å². The maximum Gasteiger partial charge on any atom is 0.241 e. The van der Waals surface area contributed by atoms with Crippen LogP contribution < -0.4 is 4.57 Å². The van der Waals surface area contributed by atoms with Crippen LogP contribution in [0.4, 0.5) is 0 Å². The molecule has 0 aliphatic carbocycles. The number of imidazole rings is 1. The fourth-order valence-electron chi connectivity index (χ4n) is 2.76. The molecule has 0 aliphatic heterocycles. The molecule has 2 aromatic rings. The minimum atomic E-state index is 0.623. The first-order chi connectivity index (χ1) is 9.90. The number of aromatic nitrogens is 2. The van der Waals surface area contributed by atoms with E-state index in [1.807, 2.05) is 6.20 Å². The molecule has 2 rings (SSSR count). The summed E-state index contributed by atoms with van der Waals surface area (Å²) in [4.78, 5) is 3.17. The molecule has 1 aromatic carbocycles. The van der Waals surface area contributed by atoms with Gasteiger partial charge in [0, 0.05) is 0 Å². The van der Waals surface area contributed by atoms with Gasteiger partial charge in [0.25, 0.3) is 0 Å². The summed E-state index contributed by atoms with van der Waals surface area (Å²) < 4.78 is 2.34. The Morgan fingerprint density at radius 1 is 1.05 bits per heavy atom. The lowest BCUT2D eigenvalue weighted by Gasteiger charge is -2.14. The first-order valence-electron chi connectivity index (χ1n) is 7.97. The van der Waals surface area contributed by atoms with Gasteiger partial charge in [0.15, 0.2) is 0 Å². The van der Waals surface area contributed by atoms with Gasteiger partial charge in [-0.05, 0) is 31.2 Å². The van der Waals surface area contributed by atoms with Crippen molar-refractivity contribution in [3.8, 4) is 0 Å².